The van der Waals surface area contributed by atoms with Gasteiger partial charge < -0.3 is 5.73 Å². The van der Waals surface area contributed by atoms with Gasteiger partial charge in [0.2, 0.25) is 5.82 Å². The van der Waals surface area contributed by atoms with Crippen molar-refractivity contribution >= 4 is 12.4 Å². The molecule has 1 atom stereocenters. The summed E-state index contributed by atoms with van der Waals surface area (Å²) in [6.07, 6.45) is 0. The van der Waals surface area contributed by atoms with E-state index in [0.29, 0.717) is 5.82 Å². The van der Waals surface area contributed by atoms with E-state index in [1.165, 1.54) is 0 Å². The first-order valence-electron chi connectivity index (χ1n) is 4.37. The van der Waals surface area contributed by atoms with Gasteiger partial charge in [-0.05, 0) is 17.7 Å². The molecule has 0 aliphatic heterocycles. The van der Waals surface area contributed by atoms with Crippen LogP contribution in [0, 0.1) is 0 Å². The molecule has 0 fully saturated rings. The van der Waals surface area contributed by atoms with Gasteiger partial charge in [0.05, 0.1) is 0 Å². The fourth-order valence-electron chi connectivity index (χ4n) is 1.22. The van der Waals surface area contributed by atoms with Gasteiger partial charge in [-0.15, -0.1) is 22.6 Å². The number of rotatable bonds is 2. The third-order valence-corrected chi connectivity index (χ3v) is 2.04. The number of tetrazole rings is 1. The van der Waals surface area contributed by atoms with Crippen molar-refractivity contribution in [2.24, 2.45) is 5.73 Å². The number of hydrogen-bond acceptors (Lipinski definition) is 4. The first-order valence-corrected chi connectivity index (χ1v) is 4.37. The van der Waals surface area contributed by atoms with Gasteiger partial charge in [0, 0.05) is 11.6 Å². The molecule has 0 aliphatic carbocycles. The molecule has 15 heavy (non-hydrogen) atoms. The maximum Gasteiger partial charge on any atom is 0.204 e. The molecular formula is C9H12ClN5. The molecule has 0 unspecified atom stereocenters. The van der Waals surface area contributed by atoms with Crippen LogP contribution in [0.3, 0.4) is 0 Å². The molecule has 0 aliphatic rings. The molecule has 6 heteroatoms. The van der Waals surface area contributed by atoms with Crippen LogP contribution in [0.15, 0.2) is 24.3 Å². The molecule has 1 aromatic heterocycles. The lowest BCUT2D eigenvalue weighted by Gasteiger charge is -2.04. The van der Waals surface area contributed by atoms with Gasteiger partial charge in [-0.1, -0.05) is 24.3 Å². The van der Waals surface area contributed by atoms with Crippen LogP contribution in [0.2, 0.25) is 0 Å². The number of nitrogens with two attached hydrogens (primary N) is 1. The number of aromatic nitrogens is 4. The van der Waals surface area contributed by atoms with Crippen LogP contribution in [0.4, 0.5) is 0 Å². The van der Waals surface area contributed by atoms with Crippen LogP contribution < -0.4 is 5.73 Å². The Labute approximate surface area is 93.5 Å². The van der Waals surface area contributed by atoms with Crippen LogP contribution in [0.25, 0.3) is 11.4 Å². The number of H-pyrrole nitrogens is 1. The molecule has 0 amide bonds. The molecule has 1 aromatic carbocycles. The van der Waals surface area contributed by atoms with Crippen LogP contribution >= 0.6 is 12.4 Å². The zero-order valence-electron chi connectivity index (χ0n) is 8.21. The normalized spacial score (nSPS) is 11.9. The number of nitrogens with one attached hydrogen (secondary N) is 1. The van der Waals surface area contributed by atoms with Crippen LogP contribution in [-0.4, -0.2) is 20.6 Å². The summed E-state index contributed by atoms with van der Waals surface area (Å²) < 4.78 is 0. The van der Waals surface area contributed by atoms with Gasteiger partial charge in [-0.25, -0.2) is 0 Å². The monoisotopic (exact) mass is 225 g/mol. The smallest absolute Gasteiger partial charge is 0.204 e. The van der Waals surface area contributed by atoms with Crippen molar-refractivity contribution in [1.29, 1.82) is 0 Å². The van der Waals surface area contributed by atoms with Crippen LogP contribution in [-0.2, 0) is 0 Å². The van der Waals surface area contributed by atoms with E-state index in [1.807, 2.05) is 31.2 Å². The maximum absolute atomic E-state index is 5.73. The number of nitrogens with zero attached hydrogens (tertiary/aromatic N) is 3. The van der Waals surface area contributed by atoms with E-state index in [0.717, 1.165) is 11.1 Å². The highest BCUT2D eigenvalue weighted by atomic mass is 35.5. The molecule has 2 rings (SSSR count). The summed E-state index contributed by atoms with van der Waals surface area (Å²) in [6, 6.07) is 7.86. The zero-order valence-corrected chi connectivity index (χ0v) is 9.03. The second-order valence-electron chi connectivity index (χ2n) is 3.15. The summed E-state index contributed by atoms with van der Waals surface area (Å²) in [4.78, 5) is 0. The molecule has 0 radical (unpaired) electrons. The molecule has 2 aromatic rings. The molecule has 1 heterocycles. The lowest BCUT2D eigenvalue weighted by Crippen LogP contribution is -2.04. The molecule has 3 N–H and O–H groups in total. The highest BCUT2D eigenvalue weighted by Gasteiger charge is 2.03. The fourth-order valence-corrected chi connectivity index (χ4v) is 1.22. The standard InChI is InChI=1S/C9H11N5.ClH/c1-6(10)7-2-4-8(5-3-7)9-11-13-14-12-9;/h2-6H,10H2,1H3,(H,11,12,13,14);1H/t6-;/m0./s1. The summed E-state index contributed by atoms with van der Waals surface area (Å²) >= 11 is 0. The predicted molar refractivity (Wildman–Crippen MR) is 59.5 cm³/mol. The zero-order chi connectivity index (χ0) is 9.97. The maximum atomic E-state index is 5.73. The third kappa shape index (κ3) is 2.51. The van der Waals surface area contributed by atoms with Gasteiger partial charge in [0.25, 0.3) is 0 Å². The third-order valence-electron chi connectivity index (χ3n) is 2.04. The highest BCUT2D eigenvalue weighted by Crippen LogP contribution is 2.16. The minimum absolute atomic E-state index is 0. The minimum Gasteiger partial charge on any atom is -0.324 e. The second-order valence-corrected chi connectivity index (χ2v) is 3.15. The molecule has 0 bridgehead atoms. The van der Waals surface area contributed by atoms with E-state index < -0.39 is 0 Å². The number of aromatic amines is 1. The Morgan fingerprint density at radius 2 is 1.93 bits per heavy atom. The fraction of sp³-hybridized carbons (Fsp3) is 0.222. The Morgan fingerprint density at radius 1 is 1.27 bits per heavy atom. The molecular weight excluding hydrogens is 214 g/mol. The van der Waals surface area contributed by atoms with E-state index in [4.69, 9.17) is 5.73 Å². The van der Waals surface area contributed by atoms with Crippen molar-refractivity contribution in [2.75, 3.05) is 0 Å². The van der Waals surface area contributed by atoms with Crippen molar-refractivity contribution in [2.45, 2.75) is 13.0 Å². The summed E-state index contributed by atoms with van der Waals surface area (Å²) in [5.74, 6) is 0.598. The van der Waals surface area contributed by atoms with Crippen molar-refractivity contribution < 1.29 is 0 Å². The highest BCUT2D eigenvalue weighted by molar-refractivity contribution is 5.85. The lowest BCUT2D eigenvalue weighted by molar-refractivity contribution is 0.818. The van der Waals surface area contributed by atoms with Crippen molar-refractivity contribution in [3.05, 3.63) is 29.8 Å². The average molecular weight is 226 g/mol. The van der Waals surface area contributed by atoms with Gasteiger partial charge in [0.15, 0.2) is 0 Å². The first-order chi connectivity index (χ1) is 6.77. The quantitative estimate of drug-likeness (QED) is 0.808. The Balaban J connectivity index is 0.00000112. The first kappa shape index (κ1) is 11.6. The number of halogens is 1. The molecule has 0 spiro atoms. The Morgan fingerprint density at radius 3 is 2.40 bits per heavy atom. The topological polar surface area (TPSA) is 80.5 Å². The summed E-state index contributed by atoms with van der Waals surface area (Å²) in [5, 5.41) is 13.7. The Bertz CT molecular complexity index is 395. The van der Waals surface area contributed by atoms with E-state index >= 15 is 0 Å². The van der Waals surface area contributed by atoms with E-state index in [9.17, 15) is 0 Å². The van der Waals surface area contributed by atoms with Gasteiger partial charge in [-0.2, -0.15) is 5.21 Å². The molecule has 80 valence electrons. The molecule has 0 saturated heterocycles. The Kier molecular flexibility index (Phi) is 3.76. The summed E-state index contributed by atoms with van der Waals surface area (Å²) in [6.45, 7) is 1.95. The van der Waals surface area contributed by atoms with Crippen LogP contribution in [0.5, 0.6) is 0 Å². The average Bonchev–Trinajstić information content (AvgIpc) is 2.71. The molecule has 0 saturated carbocycles. The SMILES string of the molecule is C[C@H](N)c1ccc(-c2nn[nH]n2)cc1.Cl. The van der Waals surface area contributed by atoms with Gasteiger partial charge in [-0.3, -0.25) is 0 Å². The largest absolute Gasteiger partial charge is 0.324 e. The van der Waals surface area contributed by atoms with Crippen molar-refractivity contribution in [1.82, 2.24) is 20.6 Å². The van der Waals surface area contributed by atoms with E-state index in [-0.39, 0.29) is 18.4 Å². The molecule has 5 nitrogen and oxygen atoms in total. The predicted octanol–water partition coefficient (Wildman–Crippen LogP) is 1.31. The van der Waals surface area contributed by atoms with E-state index in [1.54, 1.807) is 0 Å². The number of hydrogen-bond donors (Lipinski definition) is 2. The Hall–Kier alpha value is -1.46. The van der Waals surface area contributed by atoms with Crippen molar-refractivity contribution in [3.8, 4) is 11.4 Å². The minimum atomic E-state index is 0. The van der Waals surface area contributed by atoms with Crippen molar-refractivity contribution in [3.63, 3.8) is 0 Å². The lowest BCUT2D eigenvalue weighted by atomic mass is 10.1. The number of benzene rings is 1. The van der Waals surface area contributed by atoms with Gasteiger partial charge in [0.1, 0.15) is 0 Å². The van der Waals surface area contributed by atoms with E-state index in [2.05, 4.69) is 20.6 Å². The summed E-state index contributed by atoms with van der Waals surface area (Å²) in [5.41, 5.74) is 7.76. The second kappa shape index (κ2) is 4.86. The summed E-state index contributed by atoms with van der Waals surface area (Å²) in [7, 11) is 0. The van der Waals surface area contributed by atoms with Gasteiger partial charge >= 0.3 is 0 Å². The van der Waals surface area contributed by atoms with Crippen LogP contribution in [0.1, 0.15) is 18.5 Å².